The summed E-state index contributed by atoms with van der Waals surface area (Å²) < 4.78 is 0. The molecular formula is C8H12N2O2. The van der Waals surface area contributed by atoms with Crippen LogP contribution < -0.4 is 0 Å². The van der Waals surface area contributed by atoms with E-state index >= 15 is 0 Å². The Kier molecular flexibility index (Phi) is 1.92. The summed E-state index contributed by atoms with van der Waals surface area (Å²) in [6.07, 6.45) is 1.20. The maximum Gasteiger partial charge on any atom is 0.257 e. The fourth-order valence-electron chi connectivity index (χ4n) is 0.728. The third-order valence-electron chi connectivity index (χ3n) is 1.42. The highest BCUT2D eigenvalue weighted by Crippen LogP contribution is 2.24. The molecule has 0 aliphatic carbocycles. The van der Waals surface area contributed by atoms with Crippen molar-refractivity contribution in [2.75, 3.05) is 0 Å². The number of hydrogen-bond acceptors (Lipinski definition) is 4. The lowest BCUT2D eigenvalue weighted by Crippen LogP contribution is -2.15. The van der Waals surface area contributed by atoms with Crippen molar-refractivity contribution in [2.24, 2.45) is 0 Å². The van der Waals surface area contributed by atoms with Gasteiger partial charge in [0, 0.05) is 5.41 Å². The third kappa shape index (κ3) is 1.64. The van der Waals surface area contributed by atoms with Gasteiger partial charge in [-0.1, -0.05) is 20.8 Å². The molecule has 0 unspecified atom stereocenters. The van der Waals surface area contributed by atoms with Crippen LogP contribution in [0.5, 0.6) is 11.6 Å². The van der Waals surface area contributed by atoms with Gasteiger partial charge in [-0.05, 0) is 0 Å². The fraction of sp³-hybridized carbons (Fsp3) is 0.500. The summed E-state index contributed by atoms with van der Waals surface area (Å²) in [5.41, 5.74) is -0.217. The molecule has 0 fully saturated rings. The molecule has 4 nitrogen and oxygen atoms in total. The smallest absolute Gasteiger partial charge is 0.257 e. The van der Waals surface area contributed by atoms with Gasteiger partial charge in [0.15, 0.2) is 5.75 Å². The Morgan fingerprint density at radius 2 is 1.83 bits per heavy atom. The minimum atomic E-state index is -0.366. The minimum Gasteiger partial charge on any atom is -0.502 e. The van der Waals surface area contributed by atoms with Crippen LogP contribution in [0.1, 0.15) is 26.6 Å². The van der Waals surface area contributed by atoms with Gasteiger partial charge in [0.2, 0.25) is 0 Å². The van der Waals surface area contributed by atoms with Crippen molar-refractivity contribution in [2.45, 2.75) is 26.2 Å². The second-order valence-electron chi connectivity index (χ2n) is 3.65. The van der Waals surface area contributed by atoms with Crippen LogP contribution in [-0.2, 0) is 5.41 Å². The first-order chi connectivity index (χ1) is 5.41. The van der Waals surface area contributed by atoms with Crippen LogP contribution in [0.3, 0.4) is 0 Å². The molecule has 0 spiro atoms. The highest BCUT2D eigenvalue weighted by atomic mass is 16.3. The lowest BCUT2D eigenvalue weighted by atomic mass is 9.96. The highest BCUT2D eigenvalue weighted by Gasteiger charge is 2.18. The molecule has 1 aromatic heterocycles. The van der Waals surface area contributed by atoms with E-state index < -0.39 is 0 Å². The zero-order valence-corrected chi connectivity index (χ0v) is 7.37. The van der Waals surface area contributed by atoms with Crippen molar-refractivity contribution in [3.8, 4) is 11.6 Å². The second-order valence-corrected chi connectivity index (χ2v) is 3.65. The number of hydrogen-bond donors (Lipinski definition) is 2. The maximum absolute atomic E-state index is 9.06. The van der Waals surface area contributed by atoms with Gasteiger partial charge in [-0.2, -0.15) is 4.98 Å². The van der Waals surface area contributed by atoms with Crippen molar-refractivity contribution in [1.82, 2.24) is 9.97 Å². The van der Waals surface area contributed by atoms with Crippen molar-refractivity contribution >= 4 is 0 Å². The largest absolute Gasteiger partial charge is 0.502 e. The van der Waals surface area contributed by atoms with Gasteiger partial charge in [0.1, 0.15) is 5.82 Å². The fourth-order valence-corrected chi connectivity index (χ4v) is 0.728. The van der Waals surface area contributed by atoms with E-state index in [1.54, 1.807) is 0 Å². The summed E-state index contributed by atoms with van der Waals surface area (Å²) in [6, 6.07) is 0. The molecule has 0 saturated carbocycles. The Morgan fingerprint density at radius 3 is 2.25 bits per heavy atom. The van der Waals surface area contributed by atoms with E-state index in [-0.39, 0.29) is 17.0 Å². The molecule has 1 aromatic rings. The molecule has 0 bridgehead atoms. The van der Waals surface area contributed by atoms with Crippen molar-refractivity contribution < 1.29 is 10.2 Å². The highest BCUT2D eigenvalue weighted by molar-refractivity contribution is 5.28. The van der Waals surface area contributed by atoms with Crippen LogP contribution in [0.25, 0.3) is 0 Å². The molecule has 0 radical (unpaired) electrons. The Labute approximate surface area is 70.9 Å². The molecule has 0 saturated heterocycles. The Hall–Kier alpha value is -1.32. The van der Waals surface area contributed by atoms with Crippen LogP contribution in [0, 0.1) is 0 Å². The summed E-state index contributed by atoms with van der Waals surface area (Å²) in [7, 11) is 0. The Morgan fingerprint density at radius 1 is 1.25 bits per heavy atom. The molecule has 0 aliphatic heterocycles. The summed E-state index contributed by atoms with van der Waals surface area (Å²) in [4.78, 5) is 7.63. The van der Waals surface area contributed by atoms with E-state index in [2.05, 4.69) is 9.97 Å². The molecule has 0 aromatic carbocycles. The monoisotopic (exact) mass is 168 g/mol. The molecule has 12 heavy (non-hydrogen) atoms. The standard InChI is InChI=1S/C8H12N2O2/c1-8(2,3)7-9-4-5(11)6(12)10-7/h4,11H,1-3H3,(H,9,10,12). The lowest BCUT2D eigenvalue weighted by Gasteiger charge is -2.15. The molecule has 0 atom stereocenters. The predicted octanol–water partition coefficient (Wildman–Crippen LogP) is 1.19. The first-order valence-corrected chi connectivity index (χ1v) is 3.66. The van der Waals surface area contributed by atoms with E-state index in [0.717, 1.165) is 0 Å². The van der Waals surface area contributed by atoms with Gasteiger partial charge in [-0.25, -0.2) is 4.98 Å². The molecule has 1 heterocycles. The molecule has 0 aliphatic rings. The average molecular weight is 168 g/mol. The first-order valence-electron chi connectivity index (χ1n) is 3.66. The van der Waals surface area contributed by atoms with Gasteiger partial charge in [0.05, 0.1) is 6.20 Å². The quantitative estimate of drug-likeness (QED) is 0.610. The van der Waals surface area contributed by atoms with Gasteiger partial charge >= 0.3 is 0 Å². The zero-order chi connectivity index (χ0) is 9.35. The Balaban J connectivity index is 3.14. The van der Waals surface area contributed by atoms with Gasteiger partial charge in [0.25, 0.3) is 5.88 Å². The van der Waals surface area contributed by atoms with Crippen molar-refractivity contribution in [3.63, 3.8) is 0 Å². The van der Waals surface area contributed by atoms with Crippen LogP contribution >= 0.6 is 0 Å². The number of aromatic nitrogens is 2. The van der Waals surface area contributed by atoms with E-state index in [4.69, 9.17) is 10.2 Å². The van der Waals surface area contributed by atoms with Gasteiger partial charge < -0.3 is 10.2 Å². The summed E-state index contributed by atoms with van der Waals surface area (Å²) in [5, 5.41) is 18.0. The lowest BCUT2D eigenvalue weighted by molar-refractivity contribution is 0.377. The second kappa shape index (κ2) is 2.62. The van der Waals surface area contributed by atoms with Gasteiger partial charge in [-0.15, -0.1) is 0 Å². The zero-order valence-electron chi connectivity index (χ0n) is 7.37. The van der Waals surface area contributed by atoms with Gasteiger partial charge in [-0.3, -0.25) is 0 Å². The molecule has 4 heteroatoms. The number of aromatic hydroxyl groups is 2. The SMILES string of the molecule is CC(C)(C)c1ncc(O)c(O)n1. The molecular weight excluding hydrogens is 156 g/mol. The first kappa shape index (κ1) is 8.77. The Bertz CT molecular complexity index is 292. The summed E-state index contributed by atoms with van der Waals surface area (Å²) in [5.74, 6) is -0.143. The topological polar surface area (TPSA) is 66.2 Å². The molecule has 1 rings (SSSR count). The number of rotatable bonds is 0. The van der Waals surface area contributed by atoms with Crippen molar-refractivity contribution in [3.05, 3.63) is 12.0 Å². The van der Waals surface area contributed by atoms with Crippen LogP contribution in [0.4, 0.5) is 0 Å². The molecule has 0 amide bonds. The maximum atomic E-state index is 9.06. The third-order valence-corrected chi connectivity index (χ3v) is 1.42. The molecule has 66 valence electrons. The minimum absolute atomic E-state index is 0.217. The van der Waals surface area contributed by atoms with Crippen LogP contribution in [0.15, 0.2) is 6.20 Å². The summed E-state index contributed by atoms with van der Waals surface area (Å²) in [6.45, 7) is 5.79. The van der Waals surface area contributed by atoms with E-state index in [0.29, 0.717) is 5.82 Å². The van der Waals surface area contributed by atoms with Crippen molar-refractivity contribution in [1.29, 1.82) is 0 Å². The summed E-state index contributed by atoms with van der Waals surface area (Å²) >= 11 is 0. The van der Waals surface area contributed by atoms with Crippen LogP contribution in [-0.4, -0.2) is 20.2 Å². The average Bonchev–Trinajstić information content (AvgIpc) is 1.92. The molecule has 2 N–H and O–H groups in total. The van der Waals surface area contributed by atoms with E-state index in [1.807, 2.05) is 20.8 Å². The van der Waals surface area contributed by atoms with Crippen LogP contribution in [0.2, 0.25) is 0 Å². The predicted molar refractivity (Wildman–Crippen MR) is 44.1 cm³/mol. The number of nitrogens with zero attached hydrogens (tertiary/aromatic N) is 2. The normalized spacial score (nSPS) is 11.6. The van der Waals surface area contributed by atoms with E-state index in [1.165, 1.54) is 6.20 Å². The van der Waals surface area contributed by atoms with E-state index in [9.17, 15) is 0 Å².